The highest BCUT2D eigenvalue weighted by Crippen LogP contribution is 2.27. The van der Waals surface area contributed by atoms with Crippen LogP contribution in [-0.4, -0.2) is 37.6 Å². The van der Waals surface area contributed by atoms with Gasteiger partial charge < -0.3 is 20.7 Å². The molecule has 1 saturated carbocycles. The van der Waals surface area contributed by atoms with Crippen molar-refractivity contribution in [2.45, 2.75) is 38.3 Å². The lowest BCUT2D eigenvalue weighted by atomic mass is 9.85. The number of amides is 2. The first-order chi connectivity index (χ1) is 11.7. The molecule has 3 rings (SSSR count). The first kappa shape index (κ1) is 19.7. The molecule has 1 saturated heterocycles. The van der Waals surface area contributed by atoms with Crippen molar-refractivity contribution in [2.75, 3.05) is 25.1 Å². The molecule has 1 aliphatic carbocycles. The second-order valence-electron chi connectivity index (χ2n) is 6.52. The Labute approximate surface area is 154 Å². The summed E-state index contributed by atoms with van der Waals surface area (Å²) in [6, 6.07) is 7.73. The number of rotatable bonds is 6. The van der Waals surface area contributed by atoms with Crippen LogP contribution >= 0.6 is 12.4 Å². The van der Waals surface area contributed by atoms with Crippen LogP contribution < -0.4 is 16.0 Å². The standard InChI is InChI=1S/C18H25N3O3.ClH/c22-17(10-16-12-24-8-7-19-16)20-11-13-3-1-6-15(9-13)21-18(23)14-4-2-5-14;/h1,3,6,9,14,16,19H,2,4-5,7-8,10-12H2,(H,20,22)(H,21,23);1H. The third-order valence-electron chi connectivity index (χ3n) is 4.59. The topological polar surface area (TPSA) is 79.5 Å². The zero-order chi connectivity index (χ0) is 16.8. The van der Waals surface area contributed by atoms with E-state index in [0.29, 0.717) is 26.2 Å². The van der Waals surface area contributed by atoms with Crippen molar-refractivity contribution in [3.8, 4) is 0 Å². The minimum absolute atomic E-state index is 0. The second-order valence-corrected chi connectivity index (χ2v) is 6.52. The summed E-state index contributed by atoms with van der Waals surface area (Å²) in [5.74, 6) is 0.270. The normalized spacial score (nSPS) is 20.1. The van der Waals surface area contributed by atoms with Crippen molar-refractivity contribution in [1.82, 2.24) is 10.6 Å². The van der Waals surface area contributed by atoms with Crippen molar-refractivity contribution >= 4 is 29.9 Å². The zero-order valence-electron chi connectivity index (χ0n) is 14.3. The van der Waals surface area contributed by atoms with Gasteiger partial charge in [0.25, 0.3) is 0 Å². The molecule has 0 radical (unpaired) electrons. The third-order valence-corrected chi connectivity index (χ3v) is 4.59. The minimum atomic E-state index is 0. The molecule has 2 aliphatic rings. The summed E-state index contributed by atoms with van der Waals surface area (Å²) >= 11 is 0. The summed E-state index contributed by atoms with van der Waals surface area (Å²) < 4.78 is 5.35. The fraction of sp³-hybridized carbons (Fsp3) is 0.556. The van der Waals surface area contributed by atoms with Gasteiger partial charge in [0.05, 0.1) is 13.2 Å². The van der Waals surface area contributed by atoms with Gasteiger partial charge in [0.2, 0.25) is 11.8 Å². The summed E-state index contributed by atoms with van der Waals surface area (Å²) in [4.78, 5) is 24.0. The van der Waals surface area contributed by atoms with E-state index >= 15 is 0 Å². The molecule has 1 heterocycles. The average Bonchev–Trinajstić information content (AvgIpc) is 2.52. The Hall–Kier alpha value is -1.63. The van der Waals surface area contributed by atoms with E-state index in [1.807, 2.05) is 24.3 Å². The summed E-state index contributed by atoms with van der Waals surface area (Å²) in [7, 11) is 0. The maximum absolute atomic E-state index is 12.0. The number of ether oxygens (including phenoxy) is 1. The Balaban J connectivity index is 0.00000225. The highest BCUT2D eigenvalue weighted by atomic mass is 35.5. The Morgan fingerprint density at radius 1 is 1.28 bits per heavy atom. The number of morpholine rings is 1. The van der Waals surface area contributed by atoms with Crippen LogP contribution in [0.15, 0.2) is 24.3 Å². The summed E-state index contributed by atoms with van der Waals surface area (Å²) in [5.41, 5.74) is 1.77. The molecule has 7 heteroatoms. The molecule has 1 aliphatic heterocycles. The minimum Gasteiger partial charge on any atom is -0.378 e. The van der Waals surface area contributed by atoms with Crippen LogP contribution in [-0.2, 0) is 20.9 Å². The lowest BCUT2D eigenvalue weighted by Crippen LogP contribution is -2.44. The molecule has 1 aromatic rings. The first-order valence-corrected chi connectivity index (χ1v) is 8.68. The second kappa shape index (κ2) is 9.75. The van der Waals surface area contributed by atoms with Crippen LogP contribution in [0.5, 0.6) is 0 Å². The van der Waals surface area contributed by atoms with Crippen molar-refractivity contribution in [2.24, 2.45) is 5.92 Å². The van der Waals surface area contributed by atoms with Crippen LogP contribution in [0.1, 0.15) is 31.2 Å². The van der Waals surface area contributed by atoms with Crippen molar-refractivity contribution in [1.29, 1.82) is 0 Å². The van der Waals surface area contributed by atoms with Gasteiger partial charge >= 0.3 is 0 Å². The van der Waals surface area contributed by atoms with Gasteiger partial charge in [-0.05, 0) is 30.5 Å². The molecule has 2 fully saturated rings. The average molecular weight is 368 g/mol. The molecule has 2 amide bonds. The van der Waals surface area contributed by atoms with Crippen molar-refractivity contribution < 1.29 is 14.3 Å². The molecule has 0 spiro atoms. The maximum Gasteiger partial charge on any atom is 0.227 e. The van der Waals surface area contributed by atoms with Gasteiger partial charge in [0.15, 0.2) is 0 Å². The number of carbonyl (C=O) groups is 2. The third kappa shape index (κ3) is 5.99. The van der Waals surface area contributed by atoms with Crippen LogP contribution in [0.25, 0.3) is 0 Å². The van der Waals surface area contributed by atoms with Crippen molar-refractivity contribution in [3.63, 3.8) is 0 Å². The van der Waals surface area contributed by atoms with E-state index in [1.165, 1.54) is 0 Å². The van der Waals surface area contributed by atoms with E-state index in [9.17, 15) is 9.59 Å². The summed E-state index contributed by atoms with van der Waals surface area (Å²) in [5, 5.41) is 9.15. The first-order valence-electron chi connectivity index (χ1n) is 8.68. The van der Waals surface area contributed by atoms with Gasteiger partial charge in [0.1, 0.15) is 0 Å². The highest BCUT2D eigenvalue weighted by molar-refractivity contribution is 5.93. The number of halogens is 1. The smallest absolute Gasteiger partial charge is 0.227 e. The molecule has 1 aromatic carbocycles. The Morgan fingerprint density at radius 3 is 2.80 bits per heavy atom. The Kier molecular flexibility index (Phi) is 7.68. The van der Waals surface area contributed by atoms with Gasteiger partial charge in [-0.3, -0.25) is 9.59 Å². The summed E-state index contributed by atoms with van der Waals surface area (Å²) in [6.45, 7) is 2.54. The lowest BCUT2D eigenvalue weighted by molar-refractivity contribution is -0.123. The number of hydrogen-bond acceptors (Lipinski definition) is 4. The highest BCUT2D eigenvalue weighted by Gasteiger charge is 2.25. The Bertz CT molecular complexity index is 587. The molecule has 1 unspecified atom stereocenters. The van der Waals surface area contributed by atoms with Gasteiger partial charge in [-0.25, -0.2) is 0 Å². The molecule has 0 aromatic heterocycles. The quantitative estimate of drug-likeness (QED) is 0.716. The van der Waals surface area contributed by atoms with Gasteiger partial charge in [-0.1, -0.05) is 18.6 Å². The lowest BCUT2D eigenvalue weighted by Gasteiger charge is -2.24. The van der Waals surface area contributed by atoms with Crippen molar-refractivity contribution in [3.05, 3.63) is 29.8 Å². The van der Waals surface area contributed by atoms with Crippen LogP contribution in [0.3, 0.4) is 0 Å². The molecule has 0 bridgehead atoms. The van der Waals surface area contributed by atoms with Crippen LogP contribution in [0, 0.1) is 5.92 Å². The van der Waals surface area contributed by atoms with Crippen LogP contribution in [0.4, 0.5) is 5.69 Å². The number of carbonyl (C=O) groups excluding carboxylic acids is 2. The molecular weight excluding hydrogens is 342 g/mol. The molecule has 6 nitrogen and oxygen atoms in total. The number of nitrogens with one attached hydrogen (secondary N) is 3. The number of benzene rings is 1. The maximum atomic E-state index is 12.0. The predicted molar refractivity (Wildman–Crippen MR) is 98.7 cm³/mol. The van der Waals surface area contributed by atoms with E-state index in [-0.39, 0.29) is 36.2 Å². The molecule has 3 N–H and O–H groups in total. The van der Waals surface area contributed by atoms with E-state index in [2.05, 4.69) is 16.0 Å². The number of anilines is 1. The van der Waals surface area contributed by atoms with E-state index < -0.39 is 0 Å². The van der Waals surface area contributed by atoms with E-state index in [4.69, 9.17) is 4.74 Å². The number of hydrogen-bond donors (Lipinski definition) is 3. The molecule has 1 atom stereocenters. The molecular formula is C18H26ClN3O3. The fourth-order valence-corrected chi connectivity index (χ4v) is 2.92. The monoisotopic (exact) mass is 367 g/mol. The largest absolute Gasteiger partial charge is 0.378 e. The van der Waals surface area contributed by atoms with Gasteiger partial charge in [0, 0.05) is 37.2 Å². The van der Waals surface area contributed by atoms with E-state index in [0.717, 1.165) is 37.1 Å². The summed E-state index contributed by atoms with van der Waals surface area (Å²) in [6.07, 6.45) is 3.53. The fourth-order valence-electron chi connectivity index (χ4n) is 2.92. The van der Waals surface area contributed by atoms with Crippen LogP contribution in [0.2, 0.25) is 0 Å². The molecule has 138 valence electrons. The zero-order valence-corrected chi connectivity index (χ0v) is 15.1. The van der Waals surface area contributed by atoms with E-state index in [1.54, 1.807) is 0 Å². The van der Waals surface area contributed by atoms with Gasteiger partial charge in [-0.15, -0.1) is 12.4 Å². The predicted octanol–water partition coefficient (Wildman–Crippen LogP) is 1.84. The SMILES string of the molecule is Cl.O=C(CC1COCCN1)NCc1cccc(NC(=O)C2CCC2)c1. The van der Waals surface area contributed by atoms with Gasteiger partial charge in [-0.2, -0.15) is 0 Å². The molecule has 25 heavy (non-hydrogen) atoms. The Morgan fingerprint density at radius 2 is 2.12 bits per heavy atom.